The predicted octanol–water partition coefficient (Wildman–Crippen LogP) is 2.77. The summed E-state index contributed by atoms with van der Waals surface area (Å²) in [7, 11) is 1.79. The van der Waals surface area contributed by atoms with Gasteiger partial charge in [0.25, 0.3) is 0 Å². The summed E-state index contributed by atoms with van der Waals surface area (Å²) in [6, 6.07) is 7.42. The molecule has 23 heavy (non-hydrogen) atoms. The first-order valence-corrected chi connectivity index (χ1v) is 8.81. The topological polar surface area (TPSA) is 61.4 Å². The zero-order valence-corrected chi connectivity index (χ0v) is 15.2. The van der Waals surface area contributed by atoms with Crippen LogP contribution in [-0.4, -0.2) is 42.4 Å². The van der Waals surface area contributed by atoms with Crippen molar-refractivity contribution in [3.05, 3.63) is 28.7 Å². The Morgan fingerprint density at radius 3 is 2.61 bits per heavy atom. The largest absolute Gasteiger partial charge is 0.352 e. The number of hydrogen-bond acceptors (Lipinski definition) is 3. The first-order chi connectivity index (χ1) is 11.0. The lowest BCUT2D eigenvalue weighted by molar-refractivity contribution is -0.127. The molecule has 0 spiro atoms. The van der Waals surface area contributed by atoms with E-state index in [2.05, 4.69) is 26.6 Å². The summed E-state index contributed by atoms with van der Waals surface area (Å²) in [6.07, 6.45) is 4.49. The Bertz CT molecular complexity index is 559. The van der Waals surface area contributed by atoms with Crippen LogP contribution in [0.5, 0.6) is 0 Å². The van der Waals surface area contributed by atoms with Crippen LogP contribution in [0.1, 0.15) is 32.6 Å². The summed E-state index contributed by atoms with van der Waals surface area (Å²) in [5.41, 5.74) is 0.731. The Kier molecular flexibility index (Phi) is 6.59. The molecule has 126 valence electrons. The van der Waals surface area contributed by atoms with Gasteiger partial charge in [-0.25, -0.2) is 0 Å². The molecule has 0 saturated heterocycles. The number of anilines is 1. The van der Waals surface area contributed by atoms with Crippen LogP contribution in [0.3, 0.4) is 0 Å². The third-order valence-corrected chi connectivity index (χ3v) is 4.97. The Morgan fingerprint density at radius 1 is 1.30 bits per heavy atom. The van der Waals surface area contributed by atoms with E-state index in [9.17, 15) is 9.59 Å². The second-order valence-corrected chi connectivity index (χ2v) is 6.96. The molecule has 0 unspecified atom stereocenters. The molecule has 0 radical (unpaired) electrons. The van der Waals surface area contributed by atoms with Crippen molar-refractivity contribution in [3.8, 4) is 0 Å². The average molecular weight is 382 g/mol. The van der Waals surface area contributed by atoms with Crippen LogP contribution in [-0.2, 0) is 9.59 Å². The van der Waals surface area contributed by atoms with Crippen molar-refractivity contribution in [2.75, 3.05) is 18.9 Å². The van der Waals surface area contributed by atoms with Gasteiger partial charge in [0.1, 0.15) is 0 Å². The van der Waals surface area contributed by atoms with Gasteiger partial charge in [-0.15, -0.1) is 0 Å². The first kappa shape index (κ1) is 17.9. The smallest absolute Gasteiger partial charge is 0.238 e. The maximum Gasteiger partial charge on any atom is 0.238 e. The zero-order valence-electron chi connectivity index (χ0n) is 13.6. The van der Waals surface area contributed by atoms with E-state index in [4.69, 9.17) is 0 Å². The number of carbonyl (C=O) groups is 2. The number of amides is 2. The van der Waals surface area contributed by atoms with E-state index in [0.29, 0.717) is 6.04 Å². The van der Waals surface area contributed by atoms with Gasteiger partial charge in [-0.1, -0.05) is 25.0 Å². The van der Waals surface area contributed by atoms with Crippen molar-refractivity contribution in [1.29, 1.82) is 0 Å². The highest BCUT2D eigenvalue weighted by Gasteiger charge is 2.24. The normalized spacial score (nSPS) is 16.3. The van der Waals surface area contributed by atoms with Gasteiger partial charge in [-0.05, 0) is 54.9 Å². The van der Waals surface area contributed by atoms with Gasteiger partial charge in [-0.2, -0.15) is 0 Å². The third-order valence-electron chi connectivity index (χ3n) is 4.28. The summed E-state index contributed by atoms with van der Waals surface area (Å²) in [5.74, 6) is -0.145. The maximum atomic E-state index is 12.2. The first-order valence-electron chi connectivity index (χ1n) is 8.02. The lowest BCUT2D eigenvalue weighted by Gasteiger charge is -2.25. The fraction of sp³-hybridized carbons (Fsp3) is 0.529. The van der Waals surface area contributed by atoms with Crippen molar-refractivity contribution in [2.24, 2.45) is 0 Å². The van der Waals surface area contributed by atoms with E-state index < -0.39 is 0 Å². The molecule has 5 nitrogen and oxygen atoms in total. The molecular weight excluding hydrogens is 358 g/mol. The van der Waals surface area contributed by atoms with Crippen LogP contribution in [0.15, 0.2) is 28.7 Å². The second kappa shape index (κ2) is 8.45. The number of nitrogens with one attached hydrogen (secondary N) is 2. The Morgan fingerprint density at radius 2 is 1.96 bits per heavy atom. The fourth-order valence-electron chi connectivity index (χ4n) is 2.71. The standard InChI is InChI=1S/C17H24BrN3O2/c1-12(17(23)19-13-7-3-4-8-13)21(2)11-16(22)20-15-10-6-5-9-14(15)18/h5-6,9-10,12-13H,3-4,7-8,11H2,1-2H3,(H,19,23)(H,20,22)/t12-/m1/s1. The predicted molar refractivity (Wildman–Crippen MR) is 95.3 cm³/mol. The number of carbonyl (C=O) groups excluding carboxylic acids is 2. The highest BCUT2D eigenvalue weighted by Crippen LogP contribution is 2.21. The number of para-hydroxylation sites is 1. The van der Waals surface area contributed by atoms with Gasteiger partial charge in [0.2, 0.25) is 11.8 Å². The molecule has 1 saturated carbocycles. The van der Waals surface area contributed by atoms with Crippen LogP contribution < -0.4 is 10.6 Å². The van der Waals surface area contributed by atoms with E-state index in [0.717, 1.165) is 23.0 Å². The summed E-state index contributed by atoms with van der Waals surface area (Å²) in [6.45, 7) is 2.00. The Hall–Kier alpha value is -1.40. The summed E-state index contributed by atoms with van der Waals surface area (Å²) in [5, 5.41) is 5.92. The quantitative estimate of drug-likeness (QED) is 0.796. The van der Waals surface area contributed by atoms with Crippen molar-refractivity contribution < 1.29 is 9.59 Å². The highest BCUT2D eigenvalue weighted by molar-refractivity contribution is 9.10. The van der Waals surface area contributed by atoms with Gasteiger partial charge < -0.3 is 10.6 Å². The third kappa shape index (κ3) is 5.32. The molecule has 0 aliphatic heterocycles. The number of rotatable bonds is 6. The minimum atomic E-state index is -0.333. The fourth-order valence-corrected chi connectivity index (χ4v) is 3.09. The molecule has 0 aromatic heterocycles. The number of likely N-dealkylation sites (N-methyl/N-ethyl adjacent to an activating group) is 1. The van der Waals surface area contributed by atoms with E-state index in [-0.39, 0.29) is 24.4 Å². The second-order valence-electron chi connectivity index (χ2n) is 6.11. The van der Waals surface area contributed by atoms with Crippen LogP contribution in [0.4, 0.5) is 5.69 Å². The van der Waals surface area contributed by atoms with Gasteiger partial charge in [-0.3, -0.25) is 14.5 Å². The zero-order chi connectivity index (χ0) is 16.8. The average Bonchev–Trinajstić information content (AvgIpc) is 3.01. The number of benzene rings is 1. The van der Waals surface area contributed by atoms with Crippen LogP contribution in [0.25, 0.3) is 0 Å². The molecule has 6 heteroatoms. The molecule has 2 amide bonds. The van der Waals surface area contributed by atoms with E-state index in [1.54, 1.807) is 11.9 Å². The summed E-state index contributed by atoms with van der Waals surface area (Å²) >= 11 is 3.40. The van der Waals surface area contributed by atoms with Crippen LogP contribution >= 0.6 is 15.9 Å². The number of nitrogens with zero attached hydrogens (tertiary/aromatic N) is 1. The molecule has 1 aliphatic carbocycles. The molecule has 0 bridgehead atoms. The molecule has 1 atom stereocenters. The maximum absolute atomic E-state index is 12.2. The number of halogens is 1. The molecule has 1 aliphatic rings. The van der Waals surface area contributed by atoms with Crippen molar-refractivity contribution >= 4 is 33.4 Å². The molecule has 2 rings (SSSR count). The Labute approximate surface area is 145 Å². The van der Waals surface area contributed by atoms with Gasteiger partial charge in [0.15, 0.2) is 0 Å². The summed E-state index contributed by atoms with van der Waals surface area (Å²) in [4.78, 5) is 26.1. The molecule has 0 heterocycles. The molecule has 1 aromatic carbocycles. The molecule has 1 fully saturated rings. The van der Waals surface area contributed by atoms with E-state index in [1.807, 2.05) is 31.2 Å². The molecular formula is C17H24BrN3O2. The van der Waals surface area contributed by atoms with Crippen molar-refractivity contribution in [1.82, 2.24) is 10.2 Å². The monoisotopic (exact) mass is 381 g/mol. The lowest BCUT2D eigenvalue weighted by atomic mass is 10.2. The van der Waals surface area contributed by atoms with E-state index >= 15 is 0 Å². The Balaban J connectivity index is 1.82. The van der Waals surface area contributed by atoms with Crippen LogP contribution in [0, 0.1) is 0 Å². The number of hydrogen-bond donors (Lipinski definition) is 2. The van der Waals surface area contributed by atoms with Gasteiger partial charge in [0.05, 0.1) is 18.3 Å². The summed E-state index contributed by atoms with van der Waals surface area (Å²) < 4.78 is 0.836. The SMILES string of the molecule is C[C@H](C(=O)NC1CCCC1)N(C)CC(=O)Nc1ccccc1Br. The van der Waals surface area contributed by atoms with Gasteiger partial charge >= 0.3 is 0 Å². The van der Waals surface area contributed by atoms with Gasteiger partial charge in [0, 0.05) is 10.5 Å². The minimum Gasteiger partial charge on any atom is -0.352 e. The van der Waals surface area contributed by atoms with Crippen LogP contribution in [0.2, 0.25) is 0 Å². The van der Waals surface area contributed by atoms with E-state index in [1.165, 1.54) is 12.8 Å². The van der Waals surface area contributed by atoms with Crippen molar-refractivity contribution in [3.63, 3.8) is 0 Å². The lowest BCUT2D eigenvalue weighted by Crippen LogP contribution is -2.48. The molecule has 2 N–H and O–H groups in total. The van der Waals surface area contributed by atoms with Crippen molar-refractivity contribution in [2.45, 2.75) is 44.7 Å². The molecule has 1 aromatic rings. The highest BCUT2D eigenvalue weighted by atomic mass is 79.9. The minimum absolute atomic E-state index is 0.00640.